The predicted octanol–water partition coefficient (Wildman–Crippen LogP) is 4.14. The Balaban J connectivity index is 1.90. The Morgan fingerprint density at radius 1 is 0.909 bits per heavy atom. The van der Waals surface area contributed by atoms with Crippen LogP contribution >= 0.6 is 15.9 Å². The molecular formula is C18H22BrNO2. The van der Waals surface area contributed by atoms with Crippen LogP contribution in [0.1, 0.15) is 11.1 Å². The minimum Gasteiger partial charge on any atom is -0.493 e. The molecule has 0 heterocycles. The minimum absolute atomic E-state index is 0.773. The molecule has 0 bridgehead atoms. The van der Waals surface area contributed by atoms with Crippen LogP contribution in [0.5, 0.6) is 11.5 Å². The van der Waals surface area contributed by atoms with E-state index >= 15 is 0 Å². The van der Waals surface area contributed by atoms with Crippen molar-refractivity contribution in [3.8, 4) is 11.5 Å². The van der Waals surface area contributed by atoms with Crippen LogP contribution in [0.3, 0.4) is 0 Å². The molecule has 0 amide bonds. The molecule has 3 nitrogen and oxygen atoms in total. The zero-order valence-electron chi connectivity index (χ0n) is 13.3. The Bertz CT molecular complexity index is 599. The van der Waals surface area contributed by atoms with Gasteiger partial charge in [0.25, 0.3) is 0 Å². The SMILES string of the molecule is COc1ccc(CCN(C)Cc2ccc(Br)cc2)cc1OC. The molecule has 118 valence electrons. The maximum atomic E-state index is 5.35. The third kappa shape index (κ3) is 4.75. The van der Waals surface area contributed by atoms with E-state index < -0.39 is 0 Å². The maximum Gasteiger partial charge on any atom is 0.160 e. The molecule has 4 heteroatoms. The second kappa shape index (κ2) is 8.20. The molecule has 0 aromatic heterocycles. The van der Waals surface area contributed by atoms with E-state index in [9.17, 15) is 0 Å². The summed E-state index contributed by atoms with van der Waals surface area (Å²) in [7, 11) is 5.47. The van der Waals surface area contributed by atoms with Crippen LogP contribution in [0.2, 0.25) is 0 Å². The Morgan fingerprint density at radius 3 is 2.18 bits per heavy atom. The highest BCUT2D eigenvalue weighted by Crippen LogP contribution is 2.27. The van der Waals surface area contributed by atoms with Gasteiger partial charge in [-0.3, -0.25) is 0 Å². The van der Waals surface area contributed by atoms with E-state index in [1.54, 1.807) is 14.2 Å². The number of likely N-dealkylation sites (N-methyl/N-ethyl adjacent to an activating group) is 1. The van der Waals surface area contributed by atoms with Crippen LogP contribution in [0.15, 0.2) is 46.9 Å². The van der Waals surface area contributed by atoms with E-state index in [4.69, 9.17) is 9.47 Å². The van der Waals surface area contributed by atoms with E-state index in [1.165, 1.54) is 11.1 Å². The van der Waals surface area contributed by atoms with E-state index in [1.807, 2.05) is 12.1 Å². The van der Waals surface area contributed by atoms with Gasteiger partial charge in [-0.1, -0.05) is 34.1 Å². The summed E-state index contributed by atoms with van der Waals surface area (Å²) in [4.78, 5) is 2.32. The van der Waals surface area contributed by atoms with Crippen LogP contribution in [0, 0.1) is 0 Å². The highest BCUT2D eigenvalue weighted by molar-refractivity contribution is 9.10. The number of hydrogen-bond donors (Lipinski definition) is 0. The zero-order chi connectivity index (χ0) is 15.9. The highest BCUT2D eigenvalue weighted by Gasteiger charge is 2.06. The summed E-state index contributed by atoms with van der Waals surface area (Å²) < 4.78 is 11.7. The summed E-state index contributed by atoms with van der Waals surface area (Å²) in [6.07, 6.45) is 0.980. The van der Waals surface area contributed by atoms with Crippen molar-refractivity contribution in [3.05, 3.63) is 58.1 Å². The fraction of sp³-hybridized carbons (Fsp3) is 0.333. The van der Waals surface area contributed by atoms with E-state index in [0.29, 0.717) is 0 Å². The van der Waals surface area contributed by atoms with Gasteiger partial charge in [-0.05, 0) is 48.9 Å². The molecule has 0 aliphatic heterocycles. The molecule has 22 heavy (non-hydrogen) atoms. The summed E-state index contributed by atoms with van der Waals surface area (Å²) in [5, 5.41) is 0. The smallest absolute Gasteiger partial charge is 0.160 e. The number of ether oxygens (including phenoxy) is 2. The van der Waals surface area contributed by atoms with E-state index in [2.05, 4.69) is 58.2 Å². The lowest BCUT2D eigenvalue weighted by Gasteiger charge is -2.17. The van der Waals surface area contributed by atoms with Crippen molar-refractivity contribution in [2.45, 2.75) is 13.0 Å². The summed E-state index contributed by atoms with van der Waals surface area (Å²) in [6, 6.07) is 14.6. The fourth-order valence-corrected chi connectivity index (χ4v) is 2.60. The molecule has 0 saturated heterocycles. The molecule has 0 aliphatic rings. The maximum absolute atomic E-state index is 5.35. The Morgan fingerprint density at radius 2 is 1.55 bits per heavy atom. The Labute approximate surface area is 141 Å². The average Bonchev–Trinajstić information content (AvgIpc) is 2.54. The van der Waals surface area contributed by atoms with Crippen molar-refractivity contribution in [1.29, 1.82) is 0 Å². The number of benzene rings is 2. The first-order valence-electron chi connectivity index (χ1n) is 7.26. The zero-order valence-corrected chi connectivity index (χ0v) is 14.9. The first-order chi connectivity index (χ1) is 10.6. The summed E-state index contributed by atoms with van der Waals surface area (Å²) in [6.45, 7) is 1.94. The van der Waals surface area contributed by atoms with Crippen molar-refractivity contribution >= 4 is 15.9 Å². The predicted molar refractivity (Wildman–Crippen MR) is 93.7 cm³/mol. The van der Waals surface area contributed by atoms with Crippen molar-refractivity contribution in [3.63, 3.8) is 0 Å². The first-order valence-corrected chi connectivity index (χ1v) is 8.05. The molecular weight excluding hydrogens is 342 g/mol. The molecule has 0 saturated carbocycles. The van der Waals surface area contributed by atoms with Gasteiger partial charge in [0.05, 0.1) is 14.2 Å². The van der Waals surface area contributed by atoms with Crippen molar-refractivity contribution < 1.29 is 9.47 Å². The van der Waals surface area contributed by atoms with Crippen molar-refractivity contribution in [1.82, 2.24) is 4.90 Å². The highest BCUT2D eigenvalue weighted by atomic mass is 79.9. The minimum atomic E-state index is 0.773. The normalized spacial score (nSPS) is 10.8. The molecule has 2 aromatic carbocycles. The Hall–Kier alpha value is -1.52. The average molecular weight is 364 g/mol. The molecule has 0 spiro atoms. The van der Waals surface area contributed by atoms with Gasteiger partial charge >= 0.3 is 0 Å². The Kier molecular flexibility index (Phi) is 6.28. The van der Waals surface area contributed by atoms with Crippen LogP contribution in [0.4, 0.5) is 0 Å². The van der Waals surface area contributed by atoms with Gasteiger partial charge in [-0.2, -0.15) is 0 Å². The molecule has 0 unspecified atom stereocenters. The van der Waals surface area contributed by atoms with Gasteiger partial charge in [-0.25, -0.2) is 0 Å². The van der Waals surface area contributed by atoms with Gasteiger partial charge < -0.3 is 14.4 Å². The van der Waals surface area contributed by atoms with Crippen molar-refractivity contribution in [2.24, 2.45) is 0 Å². The van der Waals surface area contributed by atoms with Gasteiger partial charge in [0, 0.05) is 17.6 Å². The number of rotatable bonds is 7. The number of hydrogen-bond acceptors (Lipinski definition) is 3. The van der Waals surface area contributed by atoms with E-state index in [0.717, 1.165) is 35.5 Å². The molecule has 0 radical (unpaired) electrons. The summed E-state index contributed by atoms with van der Waals surface area (Å²) in [5.41, 5.74) is 2.57. The van der Waals surface area contributed by atoms with Gasteiger partial charge in [-0.15, -0.1) is 0 Å². The van der Waals surface area contributed by atoms with Crippen LogP contribution < -0.4 is 9.47 Å². The monoisotopic (exact) mass is 363 g/mol. The molecule has 2 rings (SSSR count). The standard InChI is InChI=1S/C18H22BrNO2/c1-20(13-15-4-7-16(19)8-5-15)11-10-14-6-9-17(21-2)18(12-14)22-3/h4-9,12H,10-11,13H2,1-3H3. The largest absolute Gasteiger partial charge is 0.493 e. The summed E-state index contributed by atoms with van der Waals surface area (Å²) >= 11 is 3.46. The van der Waals surface area contributed by atoms with E-state index in [-0.39, 0.29) is 0 Å². The quantitative estimate of drug-likeness (QED) is 0.737. The third-order valence-electron chi connectivity index (χ3n) is 3.60. The molecule has 2 aromatic rings. The first kappa shape index (κ1) is 16.8. The second-order valence-electron chi connectivity index (χ2n) is 5.30. The van der Waals surface area contributed by atoms with Crippen LogP contribution in [0.25, 0.3) is 0 Å². The third-order valence-corrected chi connectivity index (χ3v) is 4.12. The lowest BCUT2D eigenvalue weighted by molar-refractivity contribution is 0.330. The van der Waals surface area contributed by atoms with Gasteiger partial charge in [0.15, 0.2) is 11.5 Å². The number of nitrogens with zero attached hydrogens (tertiary/aromatic N) is 1. The fourth-order valence-electron chi connectivity index (χ4n) is 2.34. The molecule has 0 fully saturated rings. The topological polar surface area (TPSA) is 21.7 Å². The number of methoxy groups -OCH3 is 2. The molecule has 0 N–H and O–H groups in total. The lowest BCUT2D eigenvalue weighted by atomic mass is 10.1. The number of halogens is 1. The van der Waals surface area contributed by atoms with Crippen LogP contribution in [-0.4, -0.2) is 32.7 Å². The second-order valence-corrected chi connectivity index (χ2v) is 6.22. The van der Waals surface area contributed by atoms with Crippen molar-refractivity contribution in [2.75, 3.05) is 27.8 Å². The van der Waals surface area contributed by atoms with Gasteiger partial charge in [0.2, 0.25) is 0 Å². The molecule has 0 aliphatic carbocycles. The van der Waals surface area contributed by atoms with Gasteiger partial charge in [0.1, 0.15) is 0 Å². The van der Waals surface area contributed by atoms with Crippen LogP contribution in [-0.2, 0) is 13.0 Å². The molecule has 0 atom stereocenters. The summed E-state index contributed by atoms with van der Waals surface area (Å²) in [5.74, 6) is 1.56. The lowest BCUT2D eigenvalue weighted by Crippen LogP contribution is -2.20.